The number of nitrogens with one attached hydrogen (secondary N) is 3. The molecule has 3 N–H and O–H groups in total. The molecule has 0 radical (unpaired) electrons. The molecule has 2 aromatic rings. The molecule has 176 valence electrons. The van der Waals surface area contributed by atoms with Crippen LogP contribution in [0.2, 0.25) is 0 Å². The summed E-state index contributed by atoms with van der Waals surface area (Å²) in [6.07, 6.45) is 4.03. The summed E-state index contributed by atoms with van der Waals surface area (Å²) in [5.41, 5.74) is 1.93. The predicted molar refractivity (Wildman–Crippen MR) is 128 cm³/mol. The number of carbonyl (C=O) groups is 3. The van der Waals surface area contributed by atoms with E-state index in [1.807, 2.05) is 38.1 Å². The standard InChI is InChI=1S/C25H31N3O5/c1-7-14-33-24(31)26-16(4)22(29)28-20(23(30)32-9-3)15-18-17-12-10-11-13-19(17)27-21(18)25(5,6)8-2/h7-8,10-13,15-16,27H,1-2,9,14H2,3-6H3,(H,26,31)(H,28,29)/b20-15-/t16-/m0/s1. The number of hydrogen-bond acceptors (Lipinski definition) is 5. The fourth-order valence-electron chi connectivity index (χ4n) is 3.08. The van der Waals surface area contributed by atoms with Crippen LogP contribution < -0.4 is 10.6 Å². The van der Waals surface area contributed by atoms with Crippen LogP contribution in [0, 0.1) is 0 Å². The highest BCUT2D eigenvalue weighted by Gasteiger charge is 2.26. The normalized spacial score (nSPS) is 12.5. The summed E-state index contributed by atoms with van der Waals surface area (Å²) in [6.45, 7) is 14.7. The van der Waals surface area contributed by atoms with E-state index in [1.54, 1.807) is 19.1 Å². The highest BCUT2D eigenvalue weighted by Crippen LogP contribution is 2.33. The number of H-pyrrole nitrogens is 1. The SMILES string of the molecule is C=CCOC(=O)N[C@@H](C)C(=O)N/C(=C\c1c(C(C)(C)C=C)[nH]c2ccccc12)C(=O)OCC. The number of benzene rings is 1. The van der Waals surface area contributed by atoms with Gasteiger partial charge in [-0.1, -0.05) is 50.8 Å². The number of rotatable bonds is 10. The van der Waals surface area contributed by atoms with Crippen LogP contribution in [-0.4, -0.2) is 42.2 Å². The molecular formula is C25H31N3O5. The van der Waals surface area contributed by atoms with E-state index in [1.165, 1.54) is 13.0 Å². The fraction of sp³-hybridized carbons (Fsp3) is 0.320. The number of hydrogen-bond donors (Lipinski definition) is 3. The molecule has 0 aliphatic carbocycles. The maximum atomic E-state index is 12.7. The smallest absolute Gasteiger partial charge is 0.408 e. The number of carbonyl (C=O) groups excluding carboxylic acids is 3. The van der Waals surface area contributed by atoms with Gasteiger partial charge in [-0.2, -0.15) is 0 Å². The van der Waals surface area contributed by atoms with E-state index in [0.717, 1.165) is 22.2 Å². The Morgan fingerprint density at radius 3 is 2.52 bits per heavy atom. The van der Waals surface area contributed by atoms with Crippen LogP contribution in [0.3, 0.4) is 0 Å². The van der Waals surface area contributed by atoms with E-state index in [2.05, 4.69) is 28.8 Å². The first-order valence-corrected chi connectivity index (χ1v) is 10.6. The van der Waals surface area contributed by atoms with Gasteiger partial charge in [0.05, 0.1) is 6.61 Å². The number of fused-ring (bicyclic) bond motifs is 1. The van der Waals surface area contributed by atoms with E-state index in [9.17, 15) is 14.4 Å². The van der Waals surface area contributed by atoms with Crippen molar-refractivity contribution < 1.29 is 23.9 Å². The first-order chi connectivity index (χ1) is 15.6. The Morgan fingerprint density at radius 1 is 1.18 bits per heavy atom. The maximum Gasteiger partial charge on any atom is 0.408 e. The molecule has 0 unspecified atom stereocenters. The minimum absolute atomic E-state index is 0.0105. The van der Waals surface area contributed by atoms with Crippen LogP contribution in [0.25, 0.3) is 17.0 Å². The summed E-state index contributed by atoms with van der Waals surface area (Å²) in [5, 5.41) is 5.86. The Kier molecular flexibility index (Phi) is 8.62. The van der Waals surface area contributed by atoms with Crippen LogP contribution in [-0.2, 0) is 24.5 Å². The third-order valence-electron chi connectivity index (χ3n) is 5.00. The van der Waals surface area contributed by atoms with Crippen LogP contribution >= 0.6 is 0 Å². The molecule has 0 saturated carbocycles. The lowest BCUT2D eigenvalue weighted by Crippen LogP contribution is -2.45. The number of esters is 1. The third kappa shape index (κ3) is 6.35. The molecule has 0 aliphatic rings. The average molecular weight is 454 g/mol. The highest BCUT2D eigenvalue weighted by molar-refractivity contribution is 6.02. The summed E-state index contributed by atoms with van der Waals surface area (Å²) < 4.78 is 9.99. The Morgan fingerprint density at radius 2 is 1.88 bits per heavy atom. The van der Waals surface area contributed by atoms with Crippen molar-refractivity contribution in [3.8, 4) is 0 Å². The third-order valence-corrected chi connectivity index (χ3v) is 5.00. The minimum atomic E-state index is -0.966. The Bertz CT molecular complexity index is 1080. The molecule has 1 aromatic heterocycles. The zero-order valence-corrected chi connectivity index (χ0v) is 19.5. The van der Waals surface area contributed by atoms with Gasteiger partial charge >= 0.3 is 12.1 Å². The maximum absolute atomic E-state index is 12.7. The number of aromatic amines is 1. The van der Waals surface area contributed by atoms with E-state index < -0.39 is 29.4 Å². The molecule has 2 amide bonds. The van der Waals surface area contributed by atoms with Crippen LogP contribution in [0.15, 0.2) is 55.3 Å². The predicted octanol–water partition coefficient (Wildman–Crippen LogP) is 3.95. The number of para-hydroxylation sites is 1. The van der Waals surface area contributed by atoms with E-state index >= 15 is 0 Å². The van der Waals surface area contributed by atoms with Crippen molar-refractivity contribution in [1.29, 1.82) is 0 Å². The van der Waals surface area contributed by atoms with Gasteiger partial charge in [0.25, 0.3) is 0 Å². The number of allylic oxidation sites excluding steroid dienone is 1. The number of ether oxygens (including phenoxy) is 2. The quantitative estimate of drug-likeness (QED) is 0.287. The molecule has 0 fully saturated rings. The van der Waals surface area contributed by atoms with Gasteiger partial charge in [0, 0.05) is 27.6 Å². The van der Waals surface area contributed by atoms with Crippen molar-refractivity contribution in [2.75, 3.05) is 13.2 Å². The van der Waals surface area contributed by atoms with Crippen molar-refractivity contribution in [3.05, 3.63) is 66.5 Å². The lowest BCUT2D eigenvalue weighted by Gasteiger charge is -2.20. The van der Waals surface area contributed by atoms with Crippen molar-refractivity contribution in [3.63, 3.8) is 0 Å². The molecule has 8 heteroatoms. The Labute approximate surface area is 193 Å². The van der Waals surface area contributed by atoms with Crippen LogP contribution in [0.5, 0.6) is 0 Å². The molecule has 0 aliphatic heterocycles. The van der Waals surface area contributed by atoms with E-state index in [0.29, 0.717) is 0 Å². The second-order valence-corrected chi connectivity index (χ2v) is 7.91. The molecular weight excluding hydrogens is 422 g/mol. The molecule has 0 saturated heterocycles. The van der Waals surface area contributed by atoms with Crippen LogP contribution in [0.1, 0.15) is 39.0 Å². The largest absolute Gasteiger partial charge is 0.461 e. The van der Waals surface area contributed by atoms with Gasteiger partial charge in [-0.05, 0) is 26.0 Å². The summed E-state index contributed by atoms with van der Waals surface area (Å²) in [6, 6.07) is 6.68. The molecule has 8 nitrogen and oxygen atoms in total. The zero-order valence-electron chi connectivity index (χ0n) is 19.5. The molecule has 1 aromatic carbocycles. The molecule has 0 bridgehead atoms. The summed E-state index contributed by atoms with van der Waals surface area (Å²) in [4.78, 5) is 40.6. The summed E-state index contributed by atoms with van der Waals surface area (Å²) in [7, 11) is 0. The number of alkyl carbamates (subject to hydrolysis) is 1. The number of amides is 2. The van der Waals surface area contributed by atoms with Crippen molar-refractivity contribution in [1.82, 2.24) is 15.6 Å². The van der Waals surface area contributed by atoms with Gasteiger partial charge < -0.3 is 25.1 Å². The lowest BCUT2D eigenvalue weighted by atomic mass is 9.86. The van der Waals surface area contributed by atoms with Gasteiger partial charge in [0.1, 0.15) is 18.3 Å². The second-order valence-electron chi connectivity index (χ2n) is 7.91. The molecule has 1 atom stereocenters. The zero-order chi connectivity index (χ0) is 24.6. The van der Waals surface area contributed by atoms with Gasteiger partial charge in [-0.25, -0.2) is 9.59 Å². The van der Waals surface area contributed by atoms with E-state index in [-0.39, 0.29) is 18.9 Å². The second kappa shape index (κ2) is 11.2. The number of aromatic nitrogens is 1. The molecule has 1 heterocycles. The van der Waals surface area contributed by atoms with Gasteiger partial charge in [-0.3, -0.25) is 4.79 Å². The monoisotopic (exact) mass is 453 g/mol. The Hall–Kier alpha value is -3.81. The average Bonchev–Trinajstić information content (AvgIpc) is 3.16. The minimum Gasteiger partial charge on any atom is -0.461 e. The molecule has 33 heavy (non-hydrogen) atoms. The van der Waals surface area contributed by atoms with Crippen LogP contribution in [0.4, 0.5) is 4.79 Å². The lowest BCUT2D eigenvalue weighted by molar-refractivity contribution is -0.140. The fourth-order valence-corrected chi connectivity index (χ4v) is 3.08. The molecule has 0 spiro atoms. The summed E-state index contributed by atoms with van der Waals surface area (Å²) >= 11 is 0. The first-order valence-electron chi connectivity index (χ1n) is 10.6. The van der Waals surface area contributed by atoms with Crippen molar-refractivity contribution in [2.24, 2.45) is 0 Å². The first kappa shape index (κ1) is 25.5. The molecule has 2 rings (SSSR count). The van der Waals surface area contributed by atoms with Crippen molar-refractivity contribution in [2.45, 2.75) is 39.2 Å². The van der Waals surface area contributed by atoms with Gasteiger partial charge in [-0.15, -0.1) is 6.58 Å². The van der Waals surface area contributed by atoms with Gasteiger partial charge in [0.2, 0.25) is 5.91 Å². The summed E-state index contributed by atoms with van der Waals surface area (Å²) in [5.74, 6) is -1.30. The van der Waals surface area contributed by atoms with E-state index in [4.69, 9.17) is 9.47 Å². The topological polar surface area (TPSA) is 110 Å². The highest BCUT2D eigenvalue weighted by atomic mass is 16.5. The van der Waals surface area contributed by atoms with Gasteiger partial charge in [0.15, 0.2) is 0 Å². The van der Waals surface area contributed by atoms with Crippen molar-refractivity contribution >= 4 is 34.9 Å². The Balaban J connectivity index is 2.46.